The summed E-state index contributed by atoms with van der Waals surface area (Å²) in [5, 5.41) is 3.87. The molecule has 6 nitrogen and oxygen atoms in total. The molecule has 0 saturated carbocycles. The number of nitrogens with one attached hydrogen (secondary N) is 1. The largest absolute Gasteiger partial charge is 0.352 e. The summed E-state index contributed by atoms with van der Waals surface area (Å²) >= 11 is 6.50. The average molecular weight is 443 g/mol. The van der Waals surface area contributed by atoms with Crippen molar-refractivity contribution in [3.05, 3.63) is 88.5 Å². The summed E-state index contributed by atoms with van der Waals surface area (Å²) in [6.07, 6.45) is 6.31. The monoisotopic (exact) mass is 442 g/mol. The van der Waals surface area contributed by atoms with Gasteiger partial charge < -0.3 is 10.2 Å². The van der Waals surface area contributed by atoms with Crippen molar-refractivity contribution in [2.24, 2.45) is 0 Å². The molecule has 160 valence electrons. The smallest absolute Gasteiger partial charge is 0.227 e. The van der Waals surface area contributed by atoms with Crippen molar-refractivity contribution in [3.63, 3.8) is 0 Å². The summed E-state index contributed by atoms with van der Waals surface area (Å²) in [5.41, 5.74) is 7.17. The van der Waals surface area contributed by atoms with Gasteiger partial charge in [-0.1, -0.05) is 35.9 Å². The summed E-state index contributed by atoms with van der Waals surface area (Å²) in [6.45, 7) is 5.62. The number of benzene rings is 1. The van der Waals surface area contributed by atoms with E-state index in [9.17, 15) is 0 Å². The first-order valence-corrected chi connectivity index (χ1v) is 11.0. The van der Waals surface area contributed by atoms with Gasteiger partial charge in [-0.3, -0.25) is 4.98 Å². The van der Waals surface area contributed by atoms with Gasteiger partial charge in [0.05, 0.1) is 16.4 Å². The van der Waals surface area contributed by atoms with Crippen molar-refractivity contribution in [2.45, 2.75) is 26.8 Å². The Kier molecular flexibility index (Phi) is 5.45. The quantitative estimate of drug-likeness (QED) is 0.449. The molecule has 4 heterocycles. The fraction of sp³-hybridized carbons (Fsp3) is 0.200. The molecular weight excluding hydrogens is 420 g/mol. The lowest BCUT2D eigenvalue weighted by Gasteiger charge is -2.29. The van der Waals surface area contributed by atoms with Gasteiger partial charge in [0, 0.05) is 54.9 Å². The van der Waals surface area contributed by atoms with Gasteiger partial charge in [0.15, 0.2) is 0 Å². The average Bonchev–Trinajstić information content (AvgIpc) is 2.80. The van der Waals surface area contributed by atoms with Crippen LogP contribution in [0.15, 0.2) is 61.1 Å². The van der Waals surface area contributed by atoms with Gasteiger partial charge >= 0.3 is 0 Å². The van der Waals surface area contributed by atoms with Crippen LogP contribution < -0.4 is 10.2 Å². The zero-order chi connectivity index (χ0) is 22.1. The van der Waals surface area contributed by atoms with E-state index in [1.54, 1.807) is 6.20 Å². The van der Waals surface area contributed by atoms with Gasteiger partial charge in [0.2, 0.25) is 5.95 Å². The van der Waals surface area contributed by atoms with Crippen LogP contribution in [0.1, 0.15) is 22.4 Å². The number of rotatable bonds is 4. The molecule has 0 saturated heterocycles. The van der Waals surface area contributed by atoms with Crippen molar-refractivity contribution >= 4 is 29.1 Å². The van der Waals surface area contributed by atoms with Gasteiger partial charge in [0.1, 0.15) is 5.82 Å². The first kappa shape index (κ1) is 20.4. The number of pyridine rings is 2. The van der Waals surface area contributed by atoms with Crippen molar-refractivity contribution in [1.82, 2.24) is 19.9 Å². The van der Waals surface area contributed by atoms with Crippen LogP contribution in [0.25, 0.3) is 11.3 Å². The molecule has 0 bridgehead atoms. The van der Waals surface area contributed by atoms with Crippen LogP contribution in [0.5, 0.6) is 0 Å². The van der Waals surface area contributed by atoms with Crippen LogP contribution in [0.2, 0.25) is 5.02 Å². The summed E-state index contributed by atoms with van der Waals surface area (Å²) in [6, 6.07) is 14.1. The number of halogens is 1. The zero-order valence-electron chi connectivity index (χ0n) is 18.0. The topological polar surface area (TPSA) is 66.8 Å². The highest BCUT2D eigenvalue weighted by Crippen LogP contribution is 2.32. The van der Waals surface area contributed by atoms with Crippen LogP contribution in [0.3, 0.4) is 0 Å². The molecular formula is C25H23ClN6. The number of anilines is 3. The lowest BCUT2D eigenvalue weighted by atomic mass is 10.0. The van der Waals surface area contributed by atoms with Crippen molar-refractivity contribution < 1.29 is 0 Å². The number of aryl methyl sites for hydroxylation is 2. The van der Waals surface area contributed by atoms with Crippen molar-refractivity contribution in [2.75, 3.05) is 16.8 Å². The second-order valence-electron chi connectivity index (χ2n) is 8.03. The van der Waals surface area contributed by atoms with Gasteiger partial charge in [-0.05, 0) is 43.2 Å². The van der Waals surface area contributed by atoms with Crippen LogP contribution >= 0.6 is 11.6 Å². The van der Waals surface area contributed by atoms with Crippen LogP contribution in [0.4, 0.5) is 17.5 Å². The summed E-state index contributed by atoms with van der Waals surface area (Å²) < 4.78 is 0. The first-order chi connectivity index (χ1) is 15.6. The van der Waals surface area contributed by atoms with Gasteiger partial charge in [-0.15, -0.1) is 0 Å². The van der Waals surface area contributed by atoms with E-state index in [-0.39, 0.29) is 0 Å². The third kappa shape index (κ3) is 4.14. The molecule has 1 aromatic carbocycles. The third-order valence-electron chi connectivity index (χ3n) is 5.60. The SMILES string of the molecule is Cc1cnc(-c2cc(N3CCc4nc(Nc5ccccc5)ncc4C3)ncc2Cl)c(C)c1. The fourth-order valence-corrected chi connectivity index (χ4v) is 4.19. The molecule has 0 aliphatic carbocycles. The number of hydrogen-bond donors (Lipinski definition) is 1. The number of nitrogens with zero attached hydrogens (tertiary/aromatic N) is 5. The number of aromatic nitrogens is 4. The Bertz CT molecular complexity index is 1270. The molecule has 4 aromatic rings. The molecule has 0 amide bonds. The number of fused-ring (bicyclic) bond motifs is 1. The Hall–Kier alpha value is -3.51. The van der Waals surface area contributed by atoms with Crippen molar-refractivity contribution in [1.29, 1.82) is 0 Å². The van der Waals surface area contributed by atoms with Crippen LogP contribution in [-0.2, 0) is 13.0 Å². The highest BCUT2D eigenvalue weighted by molar-refractivity contribution is 6.33. The van der Waals surface area contributed by atoms with Gasteiger partial charge in [-0.25, -0.2) is 15.0 Å². The molecule has 0 radical (unpaired) electrons. The van der Waals surface area contributed by atoms with Crippen LogP contribution in [-0.4, -0.2) is 26.5 Å². The van der Waals surface area contributed by atoms with Crippen molar-refractivity contribution in [3.8, 4) is 11.3 Å². The molecule has 0 unspecified atom stereocenters. The Balaban J connectivity index is 1.39. The maximum atomic E-state index is 6.50. The molecule has 0 atom stereocenters. The standard InChI is InChI=1S/C25H23ClN6/c1-16-10-17(2)24(28-12-16)20-11-23(27-14-21(20)26)32-9-8-22-18(15-32)13-29-25(31-22)30-19-6-4-3-5-7-19/h3-7,10-14H,8-9,15H2,1-2H3,(H,29,30,31). The molecule has 1 aliphatic heterocycles. The van der Waals surface area contributed by atoms with E-state index in [0.29, 0.717) is 17.5 Å². The van der Waals surface area contributed by atoms with E-state index >= 15 is 0 Å². The Morgan fingerprint density at radius 2 is 1.81 bits per heavy atom. The Morgan fingerprint density at radius 3 is 2.62 bits per heavy atom. The second kappa shape index (κ2) is 8.55. The highest BCUT2D eigenvalue weighted by Gasteiger charge is 2.21. The minimum Gasteiger partial charge on any atom is -0.352 e. The molecule has 1 N–H and O–H groups in total. The summed E-state index contributed by atoms with van der Waals surface area (Å²) in [4.78, 5) is 20.7. The second-order valence-corrected chi connectivity index (χ2v) is 8.44. The first-order valence-electron chi connectivity index (χ1n) is 10.6. The lowest BCUT2D eigenvalue weighted by molar-refractivity contribution is 0.698. The molecule has 32 heavy (non-hydrogen) atoms. The van der Waals surface area contributed by atoms with E-state index in [1.165, 1.54) is 0 Å². The molecule has 1 aliphatic rings. The Labute approximate surface area is 192 Å². The molecule has 0 fully saturated rings. The van der Waals surface area contributed by atoms with E-state index in [2.05, 4.69) is 38.2 Å². The minimum atomic E-state index is 0.602. The normalized spacial score (nSPS) is 13.0. The molecule has 3 aromatic heterocycles. The number of para-hydroxylation sites is 1. The van der Waals surface area contributed by atoms with E-state index in [0.717, 1.165) is 58.1 Å². The number of hydrogen-bond acceptors (Lipinski definition) is 6. The maximum absolute atomic E-state index is 6.50. The maximum Gasteiger partial charge on any atom is 0.227 e. The fourth-order valence-electron chi connectivity index (χ4n) is 4.00. The van der Waals surface area contributed by atoms with E-state index < -0.39 is 0 Å². The van der Waals surface area contributed by atoms with E-state index in [4.69, 9.17) is 16.6 Å². The predicted molar refractivity (Wildman–Crippen MR) is 128 cm³/mol. The summed E-state index contributed by atoms with van der Waals surface area (Å²) in [5.74, 6) is 1.50. The molecule has 7 heteroatoms. The highest BCUT2D eigenvalue weighted by atomic mass is 35.5. The van der Waals surface area contributed by atoms with Gasteiger partial charge in [0.25, 0.3) is 0 Å². The Morgan fingerprint density at radius 1 is 0.969 bits per heavy atom. The minimum absolute atomic E-state index is 0.602. The zero-order valence-corrected chi connectivity index (χ0v) is 18.8. The van der Waals surface area contributed by atoms with E-state index in [1.807, 2.05) is 55.7 Å². The molecule has 0 spiro atoms. The lowest BCUT2D eigenvalue weighted by Crippen LogP contribution is -2.32. The van der Waals surface area contributed by atoms with Gasteiger partial charge in [-0.2, -0.15) is 0 Å². The third-order valence-corrected chi connectivity index (χ3v) is 5.90. The predicted octanol–water partition coefficient (Wildman–Crippen LogP) is 5.51. The summed E-state index contributed by atoms with van der Waals surface area (Å²) in [7, 11) is 0. The van der Waals surface area contributed by atoms with Crippen LogP contribution in [0, 0.1) is 13.8 Å². The molecule has 5 rings (SSSR count).